The fourth-order valence-corrected chi connectivity index (χ4v) is 3.16. The fourth-order valence-electron chi connectivity index (χ4n) is 3.16. The van der Waals surface area contributed by atoms with Crippen LogP contribution in [0.5, 0.6) is 11.5 Å². The molecule has 1 aliphatic rings. The molecule has 0 radical (unpaired) electrons. The number of carbonyl (C=O) groups is 1. The van der Waals surface area contributed by atoms with Gasteiger partial charge in [0.25, 0.3) is 5.91 Å². The summed E-state index contributed by atoms with van der Waals surface area (Å²) in [4.78, 5) is 17.1. The molecule has 0 aliphatic heterocycles. The Morgan fingerprint density at radius 1 is 1.14 bits per heavy atom. The van der Waals surface area contributed by atoms with Crippen LogP contribution >= 0.6 is 0 Å². The third-order valence-electron chi connectivity index (χ3n) is 4.40. The number of carbonyl (C=O) groups excluding carboxylic acids is 1. The normalized spacial score (nSPS) is 12.9. The second-order valence-corrected chi connectivity index (χ2v) is 6.97. The van der Waals surface area contributed by atoms with Crippen molar-refractivity contribution in [3.05, 3.63) is 53.1 Å². The SMILES string of the molecule is COc1cc(/C=N\OCC(=O)Nc2ccc3c(c2)CCC3)ccc1OC(C)C. The average Bonchev–Trinajstić information content (AvgIpc) is 3.13. The average molecular weight is 382 g/mol. The molecule has 0 atom stereocenters. The number of aryl methyl sites for hydroxylation is 2. The minimum Gasteiger partial charge on any atom is -0.493 e. The molecule has 0 bridgehead atoms. The largest absolute Gasteiger partial charge is 0.493 e. The Labute approximate surface area is 165 Å². The van der Waals surface area contributed by atoms with E-state index in [1.165, 1.54) is 23.8 Å². The van der Waals surface area contributed by atoms with E-state index in [0.717, 1.165) is 24.1 Å². The number of benzene rings is 2. The maximum atomic E-state index is 12.0. The van der Waals surface area contributed by atoms with Gasteiger partial charge in [0, 0.05) is 11.3 Å². The van der Waals surface area contributed by atoms with Crippen molar-refractivity contribution in [2.24, 2.45) is 5.16 Å². The first-order chi connectivity index (χ1) is 13.5. The molecule has 1 amide bonds. The maximum absolute atomic E-state index is 12.0. The van der Waals surface area contributed by atoms with Gasteiger partial charge in [-0.1, -0.05) is 11.2 Å². The number of ether oxygens (including phenoxy) is 2. The molecule has 0 aromatic heterocycles. The van der Waals surface area contributed by atoms with Crippen LogP contribution in [0.1, 0.15) is 37.0 Å². The van der Waals surface area contributed by atoms with Gasteiger partial charge in [-0.2, -0.15) is 0 Å². The summed E-state index contributed by atoms with van der Waals surface area (Å²) in [6, 6.07) is 11.5. The molecule has 148 valence electrons. The number of oxime groups is 1. The van der Waals surface area contributed by atoms with Crippen molar-refractivity contribution >= 4 is 17.8 Å². The number of methoxy groups -OCH3 is 1. The molecule has 2 aromatic carbocycles. The zero-order chi connectivity index (χ0) is 19.9. The van der Waals surface area contributed by atoms with E-state index in [-0.39, 0.29) is 18.6 Å². The summed E-state index contributed by atoms with van der Waals surface area (Å²) in [7, 11) is 1.59. The Balaban J connectivity index is 1.50. The van der Waals surface area contributed by atoms with Crippen LogP contribution in [0, 0.1) is 0 Å². The smallest absolute Gasteiger partial charge is 0.265 e. The molecule has 0 fully saturated rings. The Morgan fingerprint density at radius 3 is 2.75 bits per heavy atom. The van der Waals surface area contributed by atoms with Crippen LogP contribution in [-0.4, -0.2) is 31.9 Å². The molecule has 28 heavy (non-hydrogen) atoms. The Morgan fingerprint density at radius 2 is 1.96 bits per heavy atom. The number of nitrogens with zero attached hydrogens (tertiary/aromatic N) is 1. The highest BCUT2D eigenvalue weighted by Gasteiger charge is 2.12. The van der Waals surface area contributed by atoms with E-state index in [1.54, 1.807) is 13.2 Å². The summed E-state index contributed by atoms with van der Waals surface area (Å²) in [5.74, 6) is 1.05. The summed E-state index contributed by atoms with van der Waals surface area (Å²) < 4.78 is 11.0. The number of anilines is 1. The van der Waals surface area contributed by atoms with Crippen molar-refractivity contribution in [3.8, 4) is 11.5 Å². The van der Waals surface area contributed by atoms with E-state index in [0.29, 0.717) is 11.5 Å². The molecule has 1 N–H and O–H groups in total. The molecule has 3 rings (SSSR count). The monoisotopic (exact) mass is 382 g/mol. The predicted octanol–water partition coefficient (Wildman–Crippen LogP) is 3.96. The zero-order valence-electron chi connectivity index (χ0n) is 16.5. The first-order valence-corrected chi connectivity index (χ1v) is 9.47. The van der Waals surface area contributed by atoms with Gasteiger partial charge in [0.1, 0.15) is 0 Å². The van der Waals surface area contributed by atoms with Gasteiger partial charge in [-0.25, -0.2) is 0 Å². The van der Waals surface area contributed by atoms with Crippen LogP contribution in [0.25, 0.3) is 0 Å². The lowest BCUT2D eigenvalue weighted by Gasteiger charge is -2.13. The van der Waals surface area contributed by atoms with Crippen LogP contribution in [0.15, 0.2) is 41.6 Å². The molecule has 0 saturated carbocycles. The van der Waals surface area contributed by atoms with Crippen molar-refractivity contribution in [1.82, 2.24) is 0 Å². The Bertz CT molecular complexity index is 862. The summed E-state index contributed by atoms with van der Waals surface area (Å²) in [6.45, 7) is 3.76. The van der Waals surface area contributed by atoms with Crippen LogP contribution in [0.3, 0.4) is 0 Å². The van der Waals surface area contributed by atoms with Gasteiger partial charge in [0.15, 0.2) is 18.1 Å². The van der Waals surface area contributed by atoms with Crippen LogP contribution in [-0.2, 0) is 22.5 Å². The molecular weight excluding hydrogens is 356 g/mol. The topological polar surface area (TPSA) is 69.2 Å². The summed E-state index contributed by atoms with van der Waals surface area (Å²) in [5, 5.41) is 6.70. The lowest BCUT2D eigenvalue weighted by molar-refractivity contribution is -0.120. The molecular formula is C22H26N2O4. The van der Waals surface area contributed by atoms with Crippen LogP contribution < -0.4 is 14.8 Å². The number of nitrogens with one attached hydrogen (secondary N) is 1. The molecule has 0 heterocycles. The highest BCUT2D eigenvalue weighted by atomic mass is 16.6. The molecule has 6 heteroatoms. The van der Waals surface area contributed by atoms with Crippen molar-refractivity contribution in [2.45, 2.75) is 39.2 Å². The number of fused-ring (bicyclic) bond motifs is 1. The highest BCUT2D eigenvalue weighted by Crippen LogP contribution is 2.28. The van der Waals surface area contributed by atoms with Crippen molar-refractivity contribution in [2.75, 3.05) is 19.0 Å². The molecule has 0 saturated heterocycles. The van der Waals surface area contributed by atoms with Gasteiger partial charge in [-0.15, -0.1) is 0 Å². The Hall–Kier alpha value is -3.02. The lowest BCUT2D eigenvalue weighted by Crippen LogP contribution is -2.17. The summed E-state index contributed by atoms with van der Waals surface area (Å²) in [5.41, 5.74) is 4.27. The maximum Gasteiger partial charge on any atom is 0.265 e. The minimum absolute atomic E-state index is 0.0564. The van der Waals surface area contributed by atoms with Gasteiger partial charge in [-0.3, -0.25) is 4.79 Å². The van der Waals surface area contributed by atoms with Crippen LogP contribution in [0.4, 0.5) is 5.69 Å². The van der Waals surface area contributed by atoms with E-state index >= 15 is 0 Å². The highest BCUT2D eigenvalue weighted by molar-refractivity contribution is 5.92. The van der Waals surface area contributed by atoms with Gasteiger partial charge in [0.2, 0.25) is 0 Å². The third-order valence-corrected chi connectivity index (χ3v) is 4.40. The zero-order valence-corrected chi connectivity index (χ0v) is 16.5. The van der Waals surface area contributed by atoms with Gasteiger partial charge >= 0.3 is 0 Å². The van der Waals surface area contributed by atoms with Crippen molar-refractivity contribution in [3.63, 3.8) is 0 Å². The van der Waals surface area contributed by atoms with E-state index in [4.69, 9.17) is 14.3 Å². The van der Waals surface area contributed by atoms with E-state index < -0.39 is 0 Å². The quantitative estimate of drug-likeness (QED) is 0.554. The van der Waals surface area contributed by atoms with Crippen molar-refractivity contribution in [1.29, 1.82) is 0 Å². The molecule has 6 nitrogen and oxygen atoms in total. The molecule has 2 aromatic rings. The van der Waals surface area contributed by atoms with E-state index in [1.807, 2.05) is 38.1 Å². The summed E-state index contributed by atoms with van der Waals surface area (Å²) in [6.07, 6.45) is 4.96. The second-order valence-electron chi connectivity index (χ2n) is 6.97. The molecule has 0 spiro atoms. The van der Waals surface area contributed by atoms with Crippen molar-refractivity contribution < 1.29 is 19.1 Å². The number of hydrogen-bond donors (Lipinski definition) is 1. The van der Waals surface area contributed by atoms with Crippen LogP contribution in [0.2, 0.25) is 0 Å². The Kier molecular flexibility index (Phi) is 6.53. The summed E-state index contributed by atoms with van der Waals surface area (Å²) >= 11 is 0. The first kappa shape index (κ1) is 19.7. The molecule has 0 unspecified atom stereocenters. The van der Waals surface area contributed by atoms with Gasteiger partial charge in [-0.05, 0) is 74.6 Å². The minimum atomic E-state index is -0.242. The molecule has 1 aliphatic carbocycles. The second kappa shape index (κ2) is 9.26. The fraction of sp³-hybridized carbons (Fsp3) is 0.364. The number of hydrogen-bond acceptors (Lipinski definition) is 5. The third kappa shape index (κ3) is 5.25. The first-order valence-electron chi connectivity index (χ1n) is 9.47. The number of amides is 1. The van der Waals surface area contributed by atoms with E-state index in [2.05, 4.69) is 16.5 Å². The van der Waals surface area contributed by atoms with Gasteiger partial charge in [0.05, 0.1) is 19.4 Å². The number of rotatable bonds is 8. The lowest BCUT2D eigenvalue weighted by atomic mass is 10.1. The van der Waals surface area contributed by atoms with Gasteiger partial charge < -0.3 is 19.6 Å². The van der Waals surface area contributed by atoms with E-state index in [9.17, 15) is 4.79 Å². The predicted molar refractivity (Wildman–Crippen MR) is 109 cm³/mol. The standard InChI is InChI=1S/C22H26N2O4/c1-15(2)28-20-10-7-16(11-21(20)26-3)13-23-27-14-22(25)24-19-9-8-17-5-4-6-18(17)12-19/h7-13,15H,4-6,14H2,1-3H3,(H,24,25)/b23-13-.